The van der Waals surface area contributed by atoms with Crippen molar-refractivity contribution in [3.63, 3.8) is 0 Å². The van der Waals surface area contributed by atoms with Crippen LogP contribution in [0.3, 0.4) is 0 Å². The molecular formula is C10H16N4O. The summed E-state index contributed by atoms with van der Waals surface area (Å²) in [5.74, 6) is 0.00262. The molecule has 5 nitrogen and oxygen atoms in total. The normalized spacial score (nSPS) is 10.0. The molecule has 1 aromatic rings. The molecule has 0 aromatic carbocycles. The van der Waals surface area contributed by atoms with Crippen LogP contribution in [-0.2, 0) is 11.3 Å². The van der Waals surface area contributed by atoms with Gasteiger partial charge in [-0.05, 0) is 19.9 Å². The number of carbonyl (C=O) groups excluding carboxylic acids is 1. The summed E-state index contributed by atoms with van der Waals surface area (Å²) in [7, 11) is 0. The predicted octanol–water partition coefficient (Wildman–Crippen LogP) is 0.140. The Kier molecular flexibility index (Phi) is 4.70. The molecule has 0 aliphatic carbocycles. The first-order chi connectivity index (χ1) is 7.22. The molecule has 0 radical (unpaired) electrons. The molecule has 0 saturated carbocycles. The van der Waals surface area contributed by atoms with Crippen molar-refractivity contribution in [1.82, 2.24) is 15.3 Å². The third-order valence-electron chi connectivity index (χ3n) is 1.91. The maximum Gasteiger partial charge on any atom is 0.220 e. The van der Waals surface area contributed by atoms with E-state index >= 15 is 0 Å². The summed E-state index contributed by atoms with van der Waals surface area (Å²) < 4.78 is 0. The van der Waals surface area contributed by atoms with Crippen molar-refractivity contribution in [1.29, 1.82) is 0 Å². The van der Waals surface area contributed by atoms with Crippen LogP contribution in [0.5, 0.6) is 0 Å². The van der Waals surface area contributed by atoms with Gasteiger partial charge in [-0.1, -0.05) is 0 Å². The minimum Gasteiger partial charge on any atom is -0.350 e. The van der Waals surface area contributed by atoms with Crippen LogP contribution in [0, 0.1) is 6.92 Å². The van der Waals surface area contributed by atoms with Crippen LogP contribution in [0.4, 0.5) is 0 Å². The van der Waals surface area contributed by atoms with Crippen molar-refractivity contribution in [2.24, 2.45) is 5.73 Å². The molecule has 15 heavy (non-hydrogen) atoms. The second kappa shape index (κ2) is 6.08. The molecule has 0 unspecified atom stereocenters. The molecule has 82 valence electrons. The average Bonchev–Trinajstić information content (AvgIpc) is 2.25. The second-order valence-corrected chi connectivity index (χ2v) is 3.32. The lowest BCUT2D eigenvalue weighted by atomic mass is 10.3. The van der Waals surface area contributed by atoms with Crippen LogP contribution < -0.4 is 11.1 Å². The fourth-order valence-corrected chi connectivity index (χ4v) is 1.05. The van der Waals surface area contributed by atoms with Gasteiger partial charge in [0.15, 0.2) is 0 Å². The molecule has 1 amide bonds. The molecule has 0 aliphatic heterocycles. The number of rotatable bonds is 5. The summed E-state index contributed by atoms with van der Waals surface area (Å²) >= 11 is 0. The van der Waals surface area contributed by atoms with Crippen LogP contribution in [0.15, 0.2) is 12.4 Å². The van der Waals surface area contributed by atoms with Gasteiger partial charge in [0.2, 0.25) is 5.91 Å². The van der Waals surface area contributed by atoms with E-state index in [1.165, 1.54) is 0 Å². The Morgan fingerprint density at radius 1 is 1.47 bits per heavy atom. The fourth-order valence-electron chi connectivity index (χ4n) is 1.05. The highest BCUT2D eigenvalue weighted by atomic mass is 16.1. The van der Waals surface area contributed by atoms with Gasteiger partial charge in [0.1, 0.15) is 0 Å². The van der Waals surface area contributed by atoms with Crippen LogP contribution >= 0.6 is 0 Å². The number of hydrogen-bond donors (Lipinski definition) is 2. The Morgan fingerprint density at radius 2 is 2.27 bits per heavy atom. The summed E-state index contributed by atoms with van der Waals surface area (Å²) in [6, 6.07) is 0. The van der Waals surface area contributed by atoms with Crippen LogP contribution in [0.1, 0.15) is 24.2 Å². The summed E-state index contributed by atoms with van der Waals surface area (Å²) in [6.45, 7) is 2.84. The standard InChI is InChI=1S/C10H16N4O/c1-8-5-13-9(6-12-8)7-14-10(15)3-2-4-11/h5-6H,2-4,7,11H2,1H3,(H,14,15). The van der Waals surface area contributed by atoms with Crippen molar-refractivity contribution in [3.05, 3.63) is 23.8 Å². The zero-order chi connectivity index (χ0) is 11.1. The summed E-state index contributed by atoms with van der Waals surface area (Å²) in [4.78, 5) is 19.4. The number of aromatic nitrogens is 2. The van der Waals surface area contributed by atoms with Crippen LogP contribution in [0.2, 0.25) is 0 Å². The zero-order valence-electron chi connectivity index (χ0n) is 8.86. The first-order valence-electron chi connectivity index (χ1n) is 4.96. The highest BCUT2D eigenvalue weighted by molar-refractivity contribution is 5.75. The van der Waals surface area contributed by atoms with E-state index in [0.29, 0.717) is 25.9 Å². The zero-order valence-corrected chi connectivity index (χ0v) is 8.86. The topological polar surface area (TPSA) is 80.9 Å². The molecule has 1 rings (SSSR count). The Hall–Kier alpha value is -1.49. The van der Waals surface area contributed by atoms with Gasteiger partial charge >= 0.3 is 0 Å². The van der Waals surface area contributed by atoms with Crippen LogP contribution in [-0.4, -0.2) is 22.4 Å². The molecule has 0 atom stereocenters. The first kappa shape index (κ1) is 11.6. The Balaban J connectivity index is 2.30. The van der Waals surface area contributed by atoms with E-state index in [4.69, 9.17) is 5.73 Å². The van der Waals surface area contributed by atoms with Gasteiger partial charge in [0, 0.05) is 12.6 Å². The van der Waals surface area contributed by atoms with Crippen LogP contribution in [0.25, 0.3) is 0 Å². The van der Waals surface area contributed by atoms with E-state index in [-0.39, 0.29) is 5.91 Å². The largest absolute Gasteiger partial charge is 0.350 e. The Bertz CT molecular complexity index is 310. The van der Waals surface area contributed by atoms with Crippen molar-refractivity contribution in [2.45, 2.75) is 26.3 Å². The maximum atomic E-state index is 11.2. The van der Waals surface area contributed by atoms with E-state index in [1.807, 2.05) is 6.92 Å². The number of hydrogen-bond acceptors (Lipinski definition) is 4. The first-order valence-corrected chi connectivity index (χ1v) is 4.96. The molecular weight excluding hydrogens is 192 g/mol. The average molecular weight is 208 g/mol. The van der Waals surface area contributed by atoms with E-state index in [2.05, 4.69) is 15.3 Å². The van der Waals surface area contributed by atoms with Crippen molar-refractivity contribution in [2.75, 3.05) is 6.54 Å². The maximum absolute atomic E-state index is 11.2. The molecule has 1 heterocycles. The summed E-state index contributed by atoms with van der Waals surface area (Å²) in [6.07, 6.45) is 4.53. The number of carbonyl (C=O) groups is 1. The number of nitrogens with zero attached hydrogens (tertiary/aromatic N) is 2. The van der Waals surface area contributed by atoms with Gasteiger partial charge in [-0.25, -0.2) is 0 Å². The van der Waals surface area contributed by atoms with Gasteiger partial charge in [0.25, 0.3) is 0 Å². The number of aryl methyl sites for hydroxylation is 1. The quantitative estimate of drug-likeness (QED) is 0.721. The van der Waals surface area contributed by atoms with E-state index in [0.717, 1.165) is 11.4 Å². The lowest BCUT2D eigenvalue weighted by Crippen LogP contribution is -2.23. The van der Waals surface area contributed by atoms with E-state index in [9.17, 15) is 4.79 Å². The van der Waals surface area contributed by atoms with Crippen molar-refractivity contribution < 1.29 is 4.79 Å². The number of amides is 1. The summed E-state index contributed by atoms with van der Waals surface area (Å²) in [5, 5.41) is 2.76. The van der Waals surface area contributed by atoms with E-state index < -0.39 is 0 Å². The second-order valence-electron chi connectivity index (χ2n) is 3.32. The monoisotopic (exact) mass is 208 g/mol. The molecule has 1 aromatic heterocycles. The minimum absolute atomic E-state index is 0.00262. The van der Waals surface area contributed by atoms with Gasteiger partial charge < -0.3 is 11.1 Å². The van der Waals surface area contributed by atoms with Gasteiger partial charge in [-0.15, -0.1) is 0 Å². The minimum atomic E-state index is 0.00262. The molecule has 0 saturated heterocycles. The predicted molar refractivity (Wildman–Crippen MR) is 56.9 cm³/mol. The Morgan fingerprint density at radius 3 is 2.87 bits per heavy atom. The smallest absolute Gasteiger partial charge is 0.220 e. The number of nitrogens with two attached hydrogens (primary N) is 1. The molecule has 0 aliphatic rings. The summed E-state index contributed by atoms with van der Waals surface area (Å²) in [5.41, 5.74) is 6.93. The Labute approximate surface area is 89.1 Å². The van der Waals surface area contributed by atoms with Gasteiger partial charge in [0.05, 0.1) is 24.1 Å². The molecule has 3 N–H and O–H groups in total. The fraction of sp³-hybridized carbons (Fsp3) is 0.500. The highest BCUT2D eigenvalue weighted by Crippen LogP contribution is 1.94. The molecule has 0 spiro atoms. The SMILES string of the molecule is Cc1cnc(CNC(=O)CCCN)cn1. The van der Waals surface area contributed by atoms with Gasteiger partial charge in [-0.3, -0.25) is 14.8 Å². The van der Waals surface area contributed by atoms with Crippen molar-refractivity contribution in [3.8, 4) is 0 Å². The van der Waals surface area contributed by atoms with E-state index in [1.54, 1.807) is 12.4 Å². The number of nitrogens with one attached hydrogen (secondary N) is 1. The lowest BCUT2D eigenvalue weighted by molar-refractivity contribution is -0.121. The lowest BCUT2D eigenvalue weighted by Gasteiger charge is -2.03. The molecule has 5 heteroatoms. The highest BCUT2D eigenvalue weighted by Gasteiger charge is 2.01. The molecule has 0 bridgehead atoms. The van der Waals surface area contributed by atoms with Gasteiger partial charge in [-0.2, -0.15) is 0 Å². The third-order valence-corrected chi connectivity index (χ3v) is 1.91. The third kappa shape index (κ3) is 4.51. The van der Waals surface area contributed by atoms with Crippen molar-refractivity contribution >= 4 is 5.91 Å². The molecule has 0 fully saturated rings.